The van der Waals surface area contributed by atoms with Crippen molar-refractivity contribution < 1.29 is 22.8 Å². The number of aromatic nitrogens is 1. The fourth-order valence-corrected chi connectivity index (χ4v) is 2.62. The van der Waals surface area contributed by atoms with Crippen LogP contribution in [0.4, 0.5) is 13.2 Å². The van der Waals surface area contributed by atoms with Crippen LogP contribution in [0.15, 0.2) is 30.3 Å². The van der Waals surface area contributed by atoms with Crippen molar-refractivity contribution in [1.82, 2.24) is 15.2 Å². The molecule has 26 heavy (non-hydrogen) atoms. The maximum atomic E-state index is 12.3. The van der Waals surface area contributed by atoms with E-state index in [1.165, 1.54) is 0 Å². The van der Waals surface area contributed by atoms with Gasteiger partial charge in [-0.05, 0) is 44.2 Å². The number of aryl methyl sites for hydroxylation is 1. The Morgan fingerprint density at radius 3 is 2.31 bits per heavy atom. The smallest absolute Gasteiger partial charge is 0.345 e. The molecule has 1 aromatic heterocycles. The van der Waals surface area contributed by atoms with E-state index in [1.54, 1.807) is 42.6 Å². The predicted octanol–water partition coefficient (Wildman–Crippen LogP) is 3.16. The van der Waals surface area contributed by atoms with Crippen LogP contribution in [0.1, 0.15) is 21.7 Å². The first kappa shape index (κ1) is 19.8. The Hall–Kier alpha value is -2.48. The van der Waals surface area contributed by atoms with Gasteiger partial charge in [-0.3, -0.25) is 9.59 Å². The Balaban J connectivity index is 2.07. The molecule has 2 rings (SSSR count). The lowest BCUT2D eigenvalue weighted by Crippen LogP contribution is -2.40. The Kier molecular flexibility index (Phi) is 5.97. The van der Waals surface area contributed by atoms with Crippen molar-refractivity contribution in [3.63, 3.8) is 0 Å². The molecule has 5 nitrogen and oxygen atoms in total. The second-order valence-corrected chi connectivity index (χ2v) is 6.11. The molecule has 1 heterocycles. The Morgan fingerprint density at radius 1 is 1.12 bits per heavy atom. The van der Waals surface area contributed by atoms with E-state index in [-0.39, 0.29) is 0 Å². The highest BCUT2D eigenvalue weighted by Gasteiger charge is 2.27. The number of nitrogens with zero attached hydrogens (tertiary/aromatic N) is 1. The highest BCUT2D eigenvalue weighted by atomic mass is 35.5. The largest absolute Gasteiger partial charge is 0.405 e. The van der Waals surface area contributed by atoms with Gasteiger partial charge in [-0.1, -0.05) is 11.6 Å². The molecule has 9 heteroatoms. The summed E-state index contributed by atoms with van der Waals surface area (Å²) in [4.78, 5) is 23.7. The molecule has 0 bridgehead atoms. The zero-order valence-corrected chi connectivity index (χ0v) is 14.8. The Morgan fingerprint density at radius 2 is 1.73 bits per heavy atom. The third kappa shape index (κ3) is 5.01. The number of carbonyl (C=O) groups excluding carboxylic acids is 2. The number of hydrogen-bond acceptors (Lipinski definition) is 2. The van der Waals surface area contributed by atoms with Crippen molar-refractivity contribution in [2.24, 2.45) is 0 Å². The second kappa shape index (κ2) is 7.82. The molecule has 0 saturated heterocycles. The molecule has 2 amide bonds. The number of nitrogens with one attached hydrogen (secondary N) is 2. The van der Waals surface area contributed by atoms with E-state index in [4.69, 9.17) is 11.6 Å². The van der Waals surface area contributed by atoms with Gasteiger partial charge in [0, 0.05) is 22.1 Å². The Labute approximate surface area is 153 Å². The number of carbonyl (C=O) groups is 2. The number of benzene rings is 1. The number of hydrogen-bond donors (Lipinski definition) is 2. The quantitative estimate of drug-likeness (QED) is 0.827. The second-order valence-electron chi connectivity index (χ2n) is 5.67. The third-order valence-electron chi connectivity index (χ3n) is 3.66. The lowest BCUT2D eigenvalue weighted by Gasteiger charge is -2.11. The molecule has 0 aliphatic heterocycles. The molecule has 0 saturated carbocycles. The van der Waals surface area contributed by atoms with E-state index in [0.29, 0.717) is 16.3 Å². The summed E-state index contributed by atoms with van der Waals surface area (Å²) in [6, 6.07) is 8.69. The van der Waals surface area contributed by atoms with Gasteiger partial charge in [0.1, 0.15) is 6.54 Å². The van der Waals surface area contributed by atoms with Gasteiger partial charge < -0.3 is 15.2 Å². The van der Waals surface area contributed by atoms with Gasteiger partial charge in [0.05, 0.1) is 12.1 Å². The monoisotopic (exact) mass is 387 g/mol. The zero-order chi connectivity index (χ0) is 19.5. The molecule has 0 radical (unpaired) electrons. The van der Waals surface area contributed by atoms with E-state index in [1.807, 2.05) is 11.5 Å². The number of alkyl halides is 3. The molecular formula is C17H17ClF3N3O2. The summed E-state index contributed by atoms with van der Waals surface area (Å²) in [7, 11) is 0. The summed E-state index contributed by atoms with van der Waals surface area (Å²) in [5.74, 6) is -1.46. The van der Waals surface area contributed by atoms with Crippen LogP contribution in [-0.4, -0.2) is 35.6 Å². The maximum absolute atomic E-state index is 12.3. The van der Waals surface area contributed by atoms with Crippen molar-refractivity contribution in [1.29, 1.82) is 0 Å². The van der Waals surface area contributed by atoms with E-state index < -0.39 is 31.1 Å². The van der Waals surface area contributed by atoms with Crippen molar-refractivity contribution in [2.45, 2.75) is 20.0 Å². The van der Waals surface area contributed by atoms with E-state index in [2.05, 4.69) is 5.32 Å². The van der Waals surface area contributed by atoms with Crippen LogP contribution in [0.5, 0.6) is 0 Å². The van der Waals surface area contributed by atoms with Crippen LogP contribution in [0, 0.1) is 13.8 Å². The Bertz CT molecular complexity index is 814. The van der Waals surface area contributed by atoms with Crippen molar-refractivity contribution in [3.8, 4) is 5.69 Å². The van der Waals surface area contributed by atoms with Crippen LogP contribution in [-0.2, 0) is 4.79 Å². The summed E-state index contributed by atoms with van der Waals surface area (Å²) >= 11 is 5.88. The standard InChI is InChI=1S/C17H17ClF3N3O2/c1-10-7-14(11(2)24(10)13-5-3-12(18)4-6-13)16(26)22-8-15(25)23-9-17(19,20)21/h3-7H,8-9H2,1-2H3,(H,22,26)(H,23,25). The average Bonchev–Trinajstić information content (AvgIpc) is 2.86. The third-order valence-corrected chi connectivity index (χ3v) is 3.91. The normalized spacial score (nSPS) is 11.3. The highest BCUT2D eigenvalue weighted by Crippen LogP contribution is 2.22. The van der Waals surface area contributed by atoms with Crippen LogP contribution >= 0.6 is 11.6 Å². The van der Waals surface area contributed by atoms with E-state index in [9.17, 15) is 22.8 Å². The molecule has 0 aliphatic rings. The highest BCUT2D eigenvalue weighted by molar-refractivity contribution is 6.30. The summed E-state index contributed by atoms with van der Waals surface area (Å²) < 4.78 is 38.0. The minimum absolute atomic E-state index is 0.334. The zero-order valence-electron chi connectivity index (χ0n) is 14.1. The van der Waals surface area contributed by atoms with Crippen LogP contribution in [0.2, 0.25) is 5.02 Å². The van der Waals surface area contributed by atoms with Gasteiger partial charge in [0.2, 0.25) is 5.91 Å². The summed E-state index contributed by atoms with van der Waals surface area (Å²) in [6.45, 7) is 1.57. The van der Waals surface area contributed by atoms with Crippen LogP contribution in [0.25, 0.3) is 5.69 Å². The lowest BCUT2D eigenvalue weighted by molar-refractivity contribution is -0.137. The van der Waals surface area contributed by atoms with Gasteiger partial charge >= 0.3 is 6.18 Å². The molecule has 2 N–H and O–H groups in total. The van der Waals surface area contributed by atoms with Gasteiger partial charge in [-0.15, -0.1) is 0 Å². The fraction of sp³-hybridized carbons (Fsp3) is 0.294. The summed E-state index contributed by atoms with van der Waals surface area (Å²) in [6.07, 6.45) is -4.50. The molecule has 0 fully saturated rings. The average molecular weight is 388 g/mol. The van der Waals surface area contributed by atoms with Crippen LogP contribution in [0.3, 0.4) is 0 Å². The molecule has 1 aromatic carbocycles. The van der Waals surface area contributed by atoms with Gasteiger partial charge in [-0.2, -0.15) is 13.2 Å². The van der Waals surface area contributed by atoms with Crippen molar-refractivity contribution in [3.05, 3.63) is 52.3 Å². The molecule has 0 spiro atoms. The predicted molar refractivity (Wildman–Crippen MR) is 91.7 cm³/mol. The van der Waals surface area contributed by atoms with Crippen molar-refractivity contribution >= 4 is 23.4 Å². The molecule has 0 aliphatic carbocycles. The molecule has 0 unspecified atom stereocenters. The number of amides is 2. The first-order valence-electron chi connectivity index (χ1n) is 7.65. The molecule has 2 aromatic rings. The minimum Gasteiger partial charge on any atom is -0.345 e. The lowest BCUT2D eigenvalue weighted by atomic mass is 10.2. The van der Waals surface area contributed by atoms with E-state index in [0.717, 1.165) is 11.4 Å². The topological polar surface area (TPSA) is 63.1 Å². The molecular weight excluding hydrogens is 371 g/mol. The molecule has 140 valence electrons. The maximum Gasteiger partial charge on any atom is 0.405 e. The van der Waals surface area contributed by atoms with E-state index >= 15 is 0 Å². The number of halogens is 4. The first-order valence-corrected chi connectivity index (χ1v) is 8.03. The van der Waals surface area contributed by atoms with Crippen LogP contribution < -0.4 is 10.6 Å². The van der Waals surface area contributed by atoms with Crippen molar-refractivity contribution in [2.75, 3.05) is 13.1 Å². The van der Waals surface area contributed by atoms with Gasteiger partial charge in [-0.25, -0.2) is 0 Å². The van der Waals surface area contributed by atoms with Gasteiger partial charge in [0.25, 0.3) is 5.91 Å². The van der Waals surface area contributed by atoms with Gasteiger partial charge in [0.15, 0.2) is 0 Å². The summed E-state index contributed by atoms with van der Waals surface area (Å²) in [5.41, 5.74) is 2.57. The first-order chi connectivity index (χ1) is 12.1. The SMILES string of the molecule is Cc1cc(C(=O)NCC(=O)NCC(F)(F)F)c(C)n1-c1ccc(Cl)cc1. The fourth-order valence-electron chi connectivity index (χ4n) is 2.50. The minimum atomic E-state index is -4.50. The summed E-state index contributed by atoms with van der Waals surface area (Å²) in [5, 5.41) is 4.60. The molecule has 0 atom stereocenters. The number of rotatable bonds is 5.